The number of hydrogen-bond acceptors (Lipinski definition) is 3. The molecule has 0 amide bonds. The van der Waals surface area contributed by atoms with Crippen LogP contribution in [0.5, 0.6) is 0 Å². The van der Waals surface area contributed by atoms with Gasteiger partial charge in [-0.05, 0) is 37.5 Å². The standard InChI is InChI=1S/C24H30N2O3/c1-19-13-15-20(16-14-19)18-26-22-11-8-7-10-21(22)25(24(26)28)17-9-5-3-4-6-12-23(27)29-2/h7-8,10-11,13-16H,3-6,9,12,17-18H2,1-2H3. The van der Waals surface area contributed by atoms with E-state index in [9.17, 15) is 9.59 Å². The Hall–Kier alpha value is -2.82. The number of esters is 1. The first-order valence-corrected chi connectivity index (χ1v) is 10.4. The number of aromatic nitrogens is 2. The first kappa shape index (κ1) is 20.9. The summed E-state index contributed by atoms with van der Waals surface area (Å²) < 4.78 is 8.43. The van der Waals surface area contributed by atoms with Crippen LogP contribution in [0.4, 0.5) is 0 Å². The number of unbranched alkanes of at least 4 members (excludes halogenated alkanes) is 4. The molecule has 29 heavy (non-hydrogen) atoms. The van der Waals surface area contributed by atoms with Crippen LogP contribution in [-0.4, -0.2) is 22.2 Å². The van der Waals surface area contributed by atoms with Crippen molar-refractivity contribution in [3.05, 3.63) is 70.1 Å². The third-order valence-corrected chi connectivity index (χ3v) is 5.38. The Labute approximate surface area is 171 Å². The zero-order valence-corrected chi connectivity index (χ0v) is 17.4. The van der Waals surface area contributed by atoms with E-state index in [1.165, 1.54) is 12.7 Å². The number of nitrogens with zero attached hydrogens (tertiary/aromatic N) is 2. The fourth-order valence-corrected chi connectivity index (χ4v) is 3.69. The average Bonchev–Trinajstić information content (AvgIpc) is 3.00. The highest BCUT2D eigenvalue weighted by atomic mass is 16.5. The van der Waals surface area contributed by atoms with E-state index in [1.54, 1.807) is 0 Å². The van der Waals surface area contributed by atoms with Gasteiger partial charge in [-0.3, -0.25) is 13.9 Å². The topological polar surface area (TPSA) is 53.2 Å². The van der Waals surface area contributed by atoms with Gasteiger partial charge in [0.15, 0.2) is 0 Å². The summed E-state index contributed by atoms with van der Waals surface area (Å²) >= 11 is 0. The van der Waals surface area contributed by atoms with E-state index in [1.807, 2.05) is 33.4 Å². The second-order valence-electron chi connectivity index (χ2n) is 7.59. The zero-order valence-electron chi connectivity index (χ0n) is 17.4. The third-order valence-electron chi connectivity index (χ3n) is 5.38. The van der Waals surface area contributed by atoms with Crippen molar-refractivity contribution in [3.63, 3.8) is 0 Å². The molecular weight excluding hydrogens is 364 g/mol. The second-order valence-corrected chi connectivity index (χ2v) is 7.59. The van der Waals surface area contributed by atoms with Crippen molar-refractivity contribution in [2.75, 3.05) is 7.11 Å². The Morgan fingerprint density at radius 3 is 2.17 bits per heavy atom. The predicted molar refractivity (Wildman–Crippen MR) is 116 cm³/mol. The van der Waals surface area contributed by atoms with Gasteiger partial charge in [0.05, 0.1) is 24.7 Å². The molecule has 1 aromatic heterocycles. The number of carbonyl (C=O) groups excluding carboxylic acids is 1. The molecule has 0 saturated heterocycles. The van der Waals surface area contributed by atoms with Crippen molar-refractivity contribution in [1.82, 2.24) is 9.13 Å². The lowest BCUT2D eigenvalue weighted by Gasteiger charge is -2.05. The third kappa shape index (κ3) is 5.37. The largest absolute Gasteiger partial charge is 0.469 e. The molecule has 1 heterocycles. The van der Waals surface area contributed by atoms with Crippen molar-refractivity contribution in [2.24, 2.45) is 0 Å². The molecule has 0 aliphatic heterocycles. The minimum atomic E-state index is -0.141. The van der Waals surface area contributed by atoms with Crippen LogP contribution in [0, 0.1) is 6.92 Å². The van der Waals surface area contributed by atoms with Crippen LogP contribution >= 0.6 is 0 Å². The van der Waals surface area contributed by atoms with Crippen LogP contribution in [0.3, 0.4) is 0 Å². The summed E-state index contributed by atoms with van der Waals surface area (Å²) in [6, 6.07) is 16.4. The number of benzene rings is 2. The summed E-state index contributed by atoms with van der Waals surface area (Å²) in [5, 5.41) is 0. The maximum atomic E-state index is 13.1. The van der Waals surface area contributed by atoms with Gasteiger partial charge in [-0.15, -0.1) is 0 Å². The van der Waals surface area contributed by atoms with E-state index >= 15 is 0 Å². The highest BCUT2D eigenvalue weighted by molar-refractivity contribution is 5.76. The molecule has 3 rings (SSSR count). The molecule has 0 aliphatic carbocycles. The highest BCUT2D eigenvalue weighted by Crippen LogP contribution is 2.16. The van der Waals surface area contributed by atoms with Crippen molar-refractivity contribution < 1.29 is 9.53 Å². The Morgan fingerprint density at radius 2 is 1.48 bits per heavy atom. The van der Waals surface area contributed by atoms with E-state index in [-0.39, 0.29) is 11.7 Å². The fourth-order valence-electron chi connectivity index (χ4n) is 3.69. The van der Waals surface area contributed by atoms with Gasteiger partial charge in [0.2, 0.25) is 0 Å². The molecule has 154 valence electrons. The summed E-state index contributed by atoms with van der Waals surface area (Å²) in [6.45, 7) is 3.37. The van der Waals surface area contributed by atoms with Gasteiger partial charge < -0.3 is 4.74 Å². The molecule has 0 bridgehead atoms. The van der Waals surface area contributed by atoms with E-state index in [2.05, 4.69) is 35.9 Å². The average molecular weight is 395 g/mol. The summed E-state index contributed by atoms with van der Waals surface area (Å²) in [5.74, 6) is -0.141. The second kappa shape index (κ2) is 10.1. The van der Waals surface area contributed by atoms with Gasteiger partial charge in [0.1, 0.15) is 0 Å². The maximum Gasteiger partial charge on any atom is 0.329 e. The van der Waals surface area contributed by atoms with E-state index < -0.39 is 0 Å². The monoisotopic (exact) mass is 394 g/mol. The molecule has 0 saturated carbocycles. The van der Waals surface area contributed by atoms with Crippen LogP contribution in [0.2, 0.25) is 0 Å². The molecule has 0 unspecified atom stereocenters. The van der Waals surface area contributed by atoms with Crippen molar-refractivity contribution in [1.29, 1.82) is 0 Å². The van der Waals surface area contributed by atoms with Crippen LogP contribution in [0.15, 0.2) is 53.3 Å². The summed E-state index contributed by atoms with van der Waals surface area (Å²) in [7, 11) is 1.43. The minimum Gasteiger partial charge on any atom is -0.469 e. The van der Waals surface area contributed by atoms with Crippen molar-refractivity contribution in [3.8, 4) is 0 Å². The Balaban J connectivity index is 1.64. The SMILES string of the molecule is COC(=O)CCCCCCCn1c(=O)n(Cc2ccc(C)cc2)c2ccccc21. The van der Waals surface area contributed by atoms with Crippen LogP contribution < -0.4 is 5.69 Å². The first-order valence-electron chi connectivity index (χ1n) is 10.4. The van der Waals surface area contributed by atoms with E-state index in [0.29, 0.717) is 13.0 Å². The molecule has 0 spiro atoms. The molecule has 0 fully saturated rings. The quantitative estimate of drug-likeness (QED) is 0.371. The lowest BCUT2D eigenvalue weighted by molar-refractivity contribution is -0.140. The number of hydrogen-bond donors (Lipinski definition) is 0. The Morgan fingerprint density at radius 1 is 0.862 bits per heavy atom. The summed E-state index contributed by atoms with van der Waals surface area (Å²) in [5.41, 5.74) is 4.38. The molecule has 0 N–H and O–H groups in total. The smallest absolute Gasteiger partial charge is 0.329 e. The number of aryl methyl sites for hydroxylation is 2. The normalized spacial score (nSPS) is 11.1. The lowest BCUT2D eigenvalue weighted by Crippen LogP contribution is -2.24. The highest BCUT2D eigenvalue weighted by Gasteiger charge is 2.12. The Kier molecular flexibility index (Phi) is 7.28. The van der Waals surface area contributed by atoms with Gasteiger partial charge in [0.25, 0.3) is 0 Å². The molecule has 0 aliphatic rings. The number of rotatable bonds is 10. The zero-order chi connectivity index (χ0) is 20.6. The molecule has 0 atom stereocenters. The van der Waals surface area contributed by atoms with E-state index in [4.69, 9.17) is 0 Å². The number of imidazole rings is 1. The number of methoxy groups -OCH3 is 1. The number of carbonyl (C=O) groups is 1. The number of ether oxygens (including phenoxy) is 1. The van der Waals surface area contributed by atoms with Crippen LogP contribution in [0.25, 0.3) is 11.0 Å². The van der Waals surface area contributed by atoms with Crippen LogP contribution in [0.1, 0.15) is 49.7 Å². The van der Waals surface area contributed by atoms with E-state index in [0.717, 1.165) is 55.2 Å². The van der Waals surface area contributed by atoms with Gasteiger partial charge in [-0.1, -0.05) is 61.2 Å². The van der Waals surface area contributed by atoms with Gasteiger partial charge in [-0.2, -0.15) is 0 Å². The predicted octanol–water partition coefficient (Wildman–Crippen LogP) is 4.67. The number of para-hydroxylation sites is 2. The molecule has 5 heteroatoms. The minimum absolute atomic E-state index is 0.0532. The molecule has 0 radical (unpaired) electrons. The molecular formula is C24H30N2O3. The molecule has 5 nitrogen and oxygen atoms in total. The van der Waals surface area contributed by atoms with Crippen molar-refractivity contribution in [2.45, 2.75) is 58.5 Å². The van der Waals surface area contributed by atoms with Gasteiger partial charge in [0, 0.05) is 13.0 Å². The molecule has 2 aromatic carbocycles. The van der Waals surface area contributed by atoms with Gasteiger partial charge >= 0.3 is 11.7 Å². The maximum absolute atomic E-state index is 13.1. The first-order chi connectivity index (χ1) is 14.1. The van der Waals surface area contributed by atoms with Crippen LogP contribution in [-0.2, 0) is 22.6 Å². The van der Waals surface area contributed by atoms with Crippen molar-refractivity contribution >= 4 is 17.0 Å². The number of fused-ring (bicyclic) bond motifs is 1. The molecule has 3 aromatic rings. The summed E-state index contributed by atoms with van der Waals surface area (Å²) in [4.78, 5) is 24.2. The lowest BCUT2D eigenvalue weighted by atomic mass is 10.1. The summed E-state index contributed by atoms with van der Waals surface area (Å²) in [6.07, 6.45) is 5.43. The fraction of sp³-hybridized carbons (Fsp3) is 0.417. The van der Waals surface area contributed by atoms with Gasteiger partial charge in [-0.25, -0.2) is 4.79 Å². The Bertz CT molecular complexity index is 999.